The molecule has 0 radical (unpaired) electrons. The summed E-state index contributed by atoms with van der Waals surface area (Å²) in [6, 6.07) is 24.0. The van der Waals surface area contributed by atoms with E-state index in [2.05, 4.69) is 10.3 Å². The van der Waals surface area contributed by atoms with Gasteiger partial charge in [0.1, 0.15) is 5.82 Å². The highest BCUT2D eigenvalue weighted by atomic mass is 35.5. The summed E-state index contributed by atoms with van der Waals surface area (Å²) in [6.45, 7) is 0.327. The van der Waals surface area contributed by atoms with Gasteiger partial charge in [0.15, 0.2) is 5.78 Å². The van der Waals surface area contributed by atoms with E-state index in [0.29, 0.717) is 16.4 Å². The molecular weight excluding hydrogens is 410 g/mol. The second kappa shape index (κ2) is 9.41. The number of nitrogens with zero attached hydrogens (tertiary/aromatic N) is 2. The van der Waals surface area contributed by atoms with Gasteiger partial charge >= 0.3 is 0 Å². The Balaban J connectivity index is 1.52. The van der Waals surface area contributed by atoms with Crippen molar-refractivity contribution in [2.75, 3.05) is 0 Å². The van der Waals surface area contributed by atoms with E-state index in [-0.39, 0.29) is 24.8 Å². The summed E-state index contributed by atoms with van der Waals surface area (Å²) in [6.07, 6.45) is 3.24. The molecule has 0 fully saturated rings. The third-order valence-electron chi connectivity index (χ3n) is 4.85. The molecule has 0 saturated carbocycles. The van der Waals surface area contributed by atoms with Gasteiger partial charge in [-0.15, -0.1) is 0 Å². The number of aromatic nitrogens is 2. The fourth-order valence-electron chi connectivity index (χ4n) is 3.27. The average Bonchev–Trinajstić information content (AvgIpc) is 3.14. The van der Waals surface area contributed by atoms with Crippen molar-refractivity contribution >= 4 is 40.4 Å². The van der Waals surface area contributed by atoms with Gasteiger partial charge in [0.2, 0.25) is 5.91 Å². The van der Waals surface area contributed by atoms with Gasteiger partial charge in [-0.25, -0.2) is 4.98 Å². The van der Waals surface area contributed by atoms with E-state index in [4.69, 9.17) is 11.6 Å². The van der Waals surface area contributed by atoms with Crippen LogP contribution in [-0.2, 0) is 17.9 Å². The Morgan fingerprint density at radius 1 is 0.935 bits per heavy atom. The number of hydrogen-bond donors (Lipinski definition) is 1. The molecule has 0 saturated heterocycles. The minimum Gasteiger partial charge on any atom is -0.345 e. The Morgan fingerprint density at radius 2 is 1.65 bits per heavy atom. The molecule has 0 aliphatic heterocycles. The summed E-state index contributed by atoms with van der Waals surface area (Å²) in [5, 5.41) is 3.43. The molecule has 5 nitrogen and oxygen atoms in total. The van der Waals surface area contributed by atoms with Crippen LogP contribution in [0.25, 0.3) is 17.1 Å². The van der Waals surface area contributed by atoms with Crippen molar-refractivity contribution in [2.24, 2.45) is 0 Å². The van der Waals surface area contributed by atoms with Crippen LogP contribution in [0.15, 0.2) is 84.9 Å². The van der Waals surface area contributed by atoms with E-state index in [1.807, 2.05) is 59.2 Å². The number of Topliss-reactive ketones (excluding diaryl/α,β-unsaturated/α-hetero) is 1. The normalized spacial score (nSPS) is 11.1. The summed E-state index contributed by atoms with van der Waals surface area (Å²) in [5.41, 5.74) is 3.13. The standard InChI is InChI=1S/C25H20ClN3O2/c26-20-13-11-19(12-14-20)23(30)17-29-22-9-5-4-8-21(22)28-24(29)16-27-25(31)15-10-18-6-2-1-3-7-18/h1-15H,16-17H2,(H,27,31)/b15-10-. The average molecular weight is 430 g/mol. The third-order valence-corrected chi connectivity index (χ3v) is 5.10. The topological polar surface area (TPSA) is 64.0 Å². The van der Waals surface area contributed by atoms with Crippen LogP contribution in [0.1, 0.15) is 21.7 Å². The first-order valence-corrected chi connectivity index (χ1v) is 10.2. The molecule has 1 heterocycles. The van der Waals surface area contributed by atoms with Crippen LogP contribution < -0.4 is 5.32 Å². The zero-order valence-corrected chi connectivity index (χ0v) is 17.4. The van der Waals surface area contributed by atoms with Crippen LogP contribution in [0, 0.1) is 0 Å². The van der Waals surface area contributed by atoms with Crippen molar-refractivity contribution in [2.45, 2.75) is 13.1 Å². The maximum Gasteiger partial charge on any atom is 0.244 e. The summed E-state index contributed by atoms with van der Waals surface area (Å²) in [5.74, 6) is 0.327. The van der Waals surface area contributed by atoms with Crippen molar-refractivity contribution in [1.82, 2.24) is 14.9 Å². The number of nitrogens with one attached hydrogen (secondary N) is 1. The van der Waals surface area contributed by atoms with Crippen LogP contribution >= 0.6 is 11.6 Å². The van der Waals surface area contributed by atoms with Gasteiger partial charge < -0.3 is 9.88 Å². The Morgan fingerprint density at radius 3 is 2.42 bits per heavy atom. The quantitative estimate of drug-likeness (QED) is 0.335. The number of amides is 1. The van der Waals surface area contributed by atoms with Crippen LogP contribution in [0.2, 0.25) is 5.02 Å². The van der Waals surface area contributed by atoms with Crippen LogP contribution in [-0.4, -0.2) is 21.2 Å². The monoisotopic (exact) mass is 429 g/mol. The number of hydrogen-bond acceptors (Lipinski definition) is 3. The number of benzene rings is 3. The summed E-state index contributed by atoms with van der Waals surface area (Å²) < 4.78 is 1.84. The van der Waals surface area contributed by atoms with Gasteiger partial charge in [0.05, 0.1) is 24.1 Å². The molecule has 1 amide bonds. The molecular formula is C25H20ClN3O2. The fraction of sp³-hybridized carbons (Fsp3) is 0.0800. The molecule has 6 heteroatoms. The Bertz CT molecular complexity index is 1250. The SMILES string of the molecule is O=C(/C=C\c1ccccc1)NCc1nc2ccccc2n1CC(=O)c1ccc(Cl)cc1. The third kappa shape index (κ3) is 5.08. The lowest BCUT2D eigenvalue weighted by molar-refractivity contribution is -0.116. The molecule has 154 valence electrons. The Labute approximate surface area is 185 Å². The van der Waals surface area contributed by atoms with Gasteiger partial charge in [-0.3, -0.25) is 9.59 Å². The van der Waals surface area contributed by atoms with Gasteiger partial charge in [0, 0.05) is 16.7 Å². The van der Waals surface area contributed by atoms with Crippen LogP contribution in [0.5, 0.6) is 0 Å². The molecule has 0 aliphatic carbocycles. The van der Waals surface area contributed by atoms with Gasteiger partial charge in [0.25, 0.3) is 0 Å². The van der Waals surface area contributed by atoms with Crippen molar-refractivity contribution in [3.8, 4) is 0 Å². The smallest absolute Gasteiger partial charge is 0.244 e. The highest BCUT2D eigenvalue weighted by Crippen LogP contribution is 2.18. The first-order valence-electron chi connectivity index (χ1n) is 9.84. The molecule has 0 unspecified atom stereocenters. The van der Waals surface area contributed by atoms with Crippen molar-refractivity contribution in [1.29, 1.82) is 0 Å². The molecule has 0 aliphatic rings. The van der Waals surface area contributed by atoms with E-state index in [1.165, 1.54) is 6.08 Å². The first-order chi connectivity index (χ1) is 15.1. The molecule has 3 aromatic carbocycles. The number of imidazole rings is 1. The zero-order chi connectivity index (χ0) is 21.6. The van der Waals surface area contributed by atoms with E-state index in [0.717, 1.165) is 16.6 Å². The predicted molar refractivity (Wildman–Crippen MR) is 123 cm³/mol. The largest absolute Gasteiger partial charge is 0.345 e. The number of ketones is 1. The minimum absolute atomic E-state index is 0.0589. The second-order valence-corrected chi connectivity index (χ2v) is 7.43. The van der Waals surface area contributed by atoms with E-state index >= 15 is 0 Å². The van der Waals surface area contributed by atoms with Gasteiger partial charge in [-0.2, -0.15) is 0 Å². The summed E-state index contributed by atoms with van der Waals surface area (Å²) in [4.78, 5) is 29.7. The fourth-order valence-corrected chi connectivity index (χ4v) is 3.39. The highest BCUT2D eigenvalue weighted by Gasteiger charge is 2.15. The lowest BCUT2D eigenvalue weighted by Crippen LogP contribution is -2.23. The number of rotatable bonds is 7. The molecule has 1 N–H and O–H groups in total. The number of halogens is 1. The number of fused-ring (bicyclic) bond motifs is 1. The molecule has 31 heavy (non-hydrogen) atoms. The molecule has 4 aromatic rings. The molecule has 0 bridgehead atoms. The minimum atomic E-state index is -0.230. The predicted octanol–water partition coefficient (Wildman–Crippen LogP) is 4.90. The van der Waals surface area contributed by atoms with E-state index < -0.39 is 0 Å². The van der Waals surface area contributed by atoms with Gasteiger partial charge in [-0.1, -0.05) is 54.1 Å². The van der Waals surface area contributed by atoms with Crippen molar-refractivity contribution in [3.63, 3.8) is 0 Å². The van der Waals surface area contributed by atoms with E-state index in [1.54, 1.807) is 30.3 Å². The lowest BCUT2D eigenvalue weighted by atomic mass is 10.1. The second-order valence-electron chi connectivity index (χ2n) is 6.99. The maximum absolute atomic E-state index is 12.8. The number of carbonyl (C=O) groups excluding carboxylic acids is 2. The number of para-hydroxylation sites is 2. The maximum atomic E-state index is 12.8. The number of carbonyl (C=O) groups is 2. The van der Waals surface area contributed by atoms with E-state index in [9.17, 15) is 9.59 Å². The summed E-state index contributed by atoms with van der Waals surface area (Å²) in [7, 11) is 0. The molecule has 0 atom stereocenters. The van der Waals surface area contributed by atoms with Crippen molar-refractivity contribution in [3.05, 3.63) is 107 Å². The Kier molecular flexibility index (Phi) is 6.24. The molecule has 0 spiro atoms. The first kappa shape index (κ1) is 20.6. The lowest BCUT2D eigenvalue weighted by Gasteiger charge is -2.09. The van der Waals surface area contributed by atoms with Crippen molar-refractivity contribution < 1.29 is 9.59 Å². The molecule has 4 rings (SSSR count). The zero-order valence-electron chi connectivity index (χ0n) is 16.7. The summed E-state index contributed by atoms with van der Waals surface area (Å²) >= 11 is 5.93. The molecule has 1 aromatic heterocycles. The van der Waals surface area contributed by atoms with Gasteiger partial charge in [-0.05, 0) is 48.0 Å². The van der Waals surface area contributed by atoms with Crippen LogP contribution in [0.3, 0.4) is 0 Å². The van der Waals surface area contributed by atoms with Crippen LogP contribution in [0.4, 0.5) is 0 Å². The Hall–Kier alpha value is -3.70. The highest BCUT2D eigenvalue weighted by molar-refractivity contribution is 6.30.